The largest absolute Gasteiger partial charge is 0.487 e. The number of allylic oxidation sites excluding steroid dienone is 4. The molecule has 1 N–H and O–H groups in total. The van der Waals surface area contributed by atoms with E-state index in [9.17, 15) is 31.1 Å². The highest BCUT2D eigenvalue weighted by Crippen LogP contribution is 2.35. The van der Waals surface area contributed by atoms with Crippen molar-refractivity contribution >= 4 is 16.8 Å². The zero-order valence-corrected chi connectivity index (χ0v) is 16.2. The Balaban J connectivity index is 2.13. The van der Waals surface area contributed by atoms with Crippen molar-refractivity contribution in [3.8, 4) is 0 Å². The van der Waals surface area contributed by atoms with Crippen molar-refractivity contribution in [2.75, 3.05) is 13.2 Å². The molecule has 0 unspecified atom stereocenters. The summed E-state index contributed by atoms with van der Waals surface area (Å²) in [6.45, 7) is 2.98. The maximum atomic E-state index is 14.2. The van der Waals surface area contributed by atoms with Gasteiger partial charge in [0.2, 0.25) is 0 Å². The summed E-state index contributed by atoms with van der Waals surface area (Å²) in [5.41, 5.74) is 0.506. The Morgan fingerprint density at radius 3 is 2.61 bits per heavy atom. The fourth-order valence-electron chi connectivity index (χ4n) is 2.31. The van der Waals surface area contributed by atoms with E-state index in [0.717, 1.165) is 18.2 Å². The molecule has 0 fully saturated rings. The highest BCUT2D eigenvalue weighted by Gasteiger charge is 2.58. The van der Waals surface area contributed by atoms with Gasteiger partial charge in [0.05, 0.1) is 17.4 Å². The number of ether oxygens (including phenoxy) is 1. The molecule has 6 nitrogen and oxygen atoms in total. The Bertz CT molecular complexity index is 1010. The van der Waals surface area contributed by atoms with Gasteiger partial charge < -0.3 is 10.1 Å². The molecule has 0 saturated heterocycles. The van der Waals surface area contributed by atoms with Crippen LogP contribution in [-0.4, -0.2) is 45.9 Å². The molecule has 168 valence electrons. The third-order valence-electron chi connectivity index (χ3n) is 3.81. The molecule has 31 heavy (non-hydrogen) atoms. The fourth-order valence-corrected chi connectivity index (χ4v) is 2.31. The molecule has 0 saturated carbocycles. The van der Waals surface area contributed by atoms with Crippen LogP contribution < -0.4 is 5.32 Å². The first-order valence-corrected chi connectivity index (χ1v) is 8.85. The minimum absolute atomic E-state index is 0.114. The lowest BCUT2D eigenvalue weighted by Crippen LogP contribution is -2.40. The van der Waals surface area contributed by atoms with Crippen molar-refractivity contribution in [3.05, 3.63) is 60.5 Å². The lowest BCUT2D eigenvalue weighted by molar-refractivity contribution is -0.293. The summed E-state index contributed by atoms with van der Waals surface area (Å²) in [6.07, 6.45) is -0.451. The van der Waals surface area contributed by atoms with Gasteiger partial charge in [-0.05, 0) is 31.2 Å². The highest BCUT2D eigenvalue weighted by molar-refractivity contribution is 6.04. The normalized spacial score (nSPS) is 13.4. The first-order chi connectivity index (χ1) is 14.5. The van der Waals surface area contributed by atoms with Gasteiger partial charge >= 0.3 is 12.1 Å². The Labute approximate surface area is 172 Å². The molecule has 1 amide bonds. The van der Waals surface area contributed by atoms with Gasteiger partial charge in [-0.15, -0.1) is 0 Å². The van der Waals surface area contributed by atoms with Crippen molar-refractivity contribution in [3.63, 3.8) is 0 Å². The SMILES string of the molecule is C=C/C(=C\C=C(/F)Cn1cc2c(C(=O)NCC)nccc2n1)OCC(F)(F)C(F)(F)F. The van der Waals surface area contributed by atoms with E-state index in [-0.39, 0.29) is 5.69 Å². The van der Waals surface area contributed by atoms with E-state index >= 15 is 0 Å². The van der Waals surface area contributed by atoms with Crippen LogP contribution in [-0.2, 0) is 11.3 Å². The van der Waals surface area contributed by atoms with Crippen molar-refractivity contribution in [2.24, 2.45) is 0 Å². The summed E-state index contributed by atoms with van der Waals surface area (Å²) in [4.78, 5) is 16.0. The molecule has 0 aromatic carbocycles. The lowest BCUT2D eigenvalue weighted by Gasteiger charge is -2.19. The number of fused-ring (bicyclic) bond motifs is 1. The third-order valence-corrected chi connectivity index (χ3v) is 3.81. The summed E-state index contributed by atoms with van der Waals surface area (Å²) in [6, 6.07) is 1.53. The molecular weight excluding hydrogens is 430 g/mol. The summed E-state index contributed by atoms with van der Waals surface area (Å²) in [5, 5.41) is 7.10. The Morgan fingerprint density at radius 2 is 2.00 bits per heavy atom. The van der Waals surface area contributed by atoms with Gasteiger partial charge in [-0.2, -0.15) is 27.1 Å². The van der Waals surface area contributed by atoms with Crippen molar-refractivity contribution in [2.45, 2.75) is 25.6 Å². The summed E-state index contributed by atoms with van der Waals surface area (Å²) in [7, 11) is 0. The highest BCUT2D eigenvalue weighted by atomic mass is 19.4. The van der Waals surface area contributed by atoms with Crippen LogP contribution in [0.4, 0.5) is 26.3 Å². The number of carbonyl (C=O) groups is 1. The second-order valence-corrected chi connectivity index (χ2v) is 6.16. The molecular formula is C19H18F6N4O2. The van der Waals surface area contributed by atoms with Gasteiger partial charge in [-0.25, -0.2) is 4.39 Å². The van der Waals surface area contributed by atoms with E-state index in [1.165, 1.54) is 23.1 Å². The van der Waals surface area contributed by atoms with Crippen LogP contribution in [0.15, 0.2) is 54.9 Å². The van der Waals surface area contributed by atoms with Crippen molar-refractivity contribution in [1.82, 2.24) is 20.1 Å². The number of aromatic nitrogens is 3. The third kappa shape index (κ3) is 6.09. The molecule has 2 heterocycles. The second-order valence-electron chi connectivity index (χ2n) is 6.16. The van der Waals surface area contributed by atoms with E-state index in [1.54, 1.807) is 6.92 Å². The van der Waals surface area contributed by atoms with Crippen molar-refractivity contribution < 1.29 is 35.9 Å². The quantitative estimate of drug-likeness (QED) is 0.353. The minimum atomic E-state index is -5.77. The number of carbonyl (C=O) groups excluding carboxylic acids is 1. The smallest absolute Gasteiger partial charge is 0.456 e. The molecule has 0 radical (unpaired) electrons. The number of nitrogens with one attached hydrogen (secondary N) is 1. The lowest BCUT2D eigenvalue weighted by atomic mass is 10.2. The average Bonchev–Trinajstić information content (AvgIpc) is 3.09. The predicted octanol–water partition coefficient (Wildman–Crippen LogP) is 4.32. The van der Waals surface area contributed by atoms with E-state index in [2.05, 4.69) is 26.7 Å². The average molecular weight is 448 g/mol. The van der Waals surface area contributed by atoms with Crippen LogP contribution in [0.3, 0.4) is 0 Å². The Morgan fingerprint density at radius 1 is 1.29 bits per heavy atom. The van der Waals surface area contributed by atoms with Crippen molar-refractivity contribution in [1.29, 1.82) is 0 Å². The van der Waals surface area contributed by atoms with Crippen LogP contribution in [0.2, 0.25) is 0 Å². The first kappa shape index (κ1) is 24.0. The van der Waals surface area contributed by atoms with E-state index in [1.807, 2.05) is 0 Å². The van der Waals surface area contributed by atoms with E-state index in [0.29, 0.717) is 17.4 Å². The number of rotatable bonds is 9. The monoisotopic (exact) mass is 448 g/mol. The topological polar surface area (TPSA) is 69.0 Å². The standard InChI is InChI=1S/C19H18F6N4O2/c1-3-13(31-11-18(21,22)19(23,24)25)6-5-12(20)9-29-10-14-15(28-29)7-8-27-16(14)17(30)26-4-2/h3,5-8,10H,1,4,9,11H2,2H3,(H,26,30)/b12-5-,13-6+. The molecule has 0 atom stereocenters. The van der Waals surface area contributed by atoms with Crippen LogP contribution in [0.1, 0.15) is 17.4 Å². The summed E-state index contributed by atoms with van der Waals surface area (Å²) < 4.78 is 82.1. The molecule has 2 aromatic heterocycles. The number of halogens is 6. The van der Waals surface area contributed by atoms with Crippen LogP contribution >= 0.6 is 0 Å². The van der Waals surface area contributed by atoms with Crippen LogP contribution in [0, 0.1) is 0 Å². The summed E-state index contributed by atoms with van der Waals surface area (Å²) >= 11 is 0. The number of alkyl halides is 5. The molecule has 2 rings (SSSR count). The molecule has 2 aromatic rings. The van der Waals surface area contributed by atoms with Gasteiger partial charge in [0.25, 0.3) is 5.91 Å². The number of nitrogens with zero attached hydrogens (tertiary/aromatic N) is 3. The molecule has 0 bridgehead atoms. The van der Waals surface area contributed by atoms with Crippen LogP contribution in [0.5, 0.6) is 0 Å². The Kier molecular flexibility index (Phi) is 7.47. The van der Waals surface area contributed by atoms with E-state index in [4.69, 9.17) is 0 Å². The maximum Gasteiger partial charge on any atom is 0.456 e. The minimum Gasteiger partial charge on any atom is -0.487 e. The number of amides is 1. The fraction of sp³-hybridized carbons (Fsp3) is 0.316. The van der Waals surface area contributed by atoms with Gasteiger partial charge in [0.15, 0.2) is 6.61 Å². The molecule has 0 aliphatic heterocycles. The zero-order chi connectivity index (χ0) is 23.2. The molecule has 12 heteroatoms. The number of pyridine rings is 1. The van der Waals surface area contributed by atoms with Gasteiger partial charge in [-0.1, -0.05) is 6.58 Å². The van der Waals surface area contributed by atoms with E-state index < -0.39 is 42.7 Å². The van der Waals surface area contributed by atoms with Gasteiger partial charge in [0, 0.05) is 18.9 Å². The molecule has 0 aliphatic rings. The van der Waals surface area contributed by atoms with Crippen LogP contribution in [0.25, 0.3) is 10.9 Å². The zero-order valence-electron chi connectivity index (χ0n) is 16.2. The number of hydrogen-bond donors (Lipinski definition) is 1. The molecule has 0 spiro atoms. The Hall–Kier alpha value is -3.31. The summed E-state index contributed by atoms with van der Waals surface area (Å²) in [5.74, 6) is -6.78. The van der Waals surface area contributed by atoms with Gasteiger partial charge in [-0.3, -0.25) is 14.5 Å². The number of hydrogen-bond acceptors (Lipinski definition) is 4. The predicted molar refractivity (Wildman–Crippen MR) is 100.0 cm³/mol. The molecule has 0 aliphatic carbocycles. The maximum absolute atomic E-state index is 14.2. The second kappa shape index (κ2) is 9.67. The van der Waals surface area contributed by atoms with Gasteiger partial charge in [0.1, 0.15) is 17.3 Å². The first-order valence-electron chi connectivity index (χ1n) is 8.85.